The van der Waals surface area contributed by atoms with Crippen LogP contribution in [0.2, 0.25) is 10.0 Å². The van der Waals surface area contributed by atoms with Crippen molar-refractivity contribution in [3.63, 3.8) is 0 Å². The van der Waals surface area contributed by atoms with Gasteiger partial charge in [0.2, 0.25) is 6.41 Å². The second-order valence-corrected chi connectivity index (χ2v) is 6.08. The van der Waals surface area contributed by atoms with Crippen molar-refractivity contribution in [1.82, 2.24) is 5.32 Å². The molecule has 0 saturated heterocycles. The summed E-state index contributed by atoms with van der Waals surface area (Å²) in [5.74, 6) is 0.292. The number of hydrogen-bond acceptors (Lipinski definition) is 1. The average Bonchev–Trinajstić information content (AvgIpc) is 2.51. The summed E-state index contributed by atoms with van der Waals surface area (Å²) >= 11 is 12.2. The molecule has 108 valence electrons. The van der Waals surface area contributed by atoms with Crippen LogP contribution >= 0.6 is 23.2 Å². The van der Waals surface area contributed by atoms with Crippen molar-refractivity contribution in [1.29, 1.82) is 0 Å². The van der Waals surface area contributed by atoms with E-state index in [4.69, 9.17) is 23.2 Å². The fraction of sp³-hybridized carbons (Fsp3) is 0.235. The standard InChI is InChI=1S/C17H15Cl2NO/c18-15-7-5-11(9-16(15)19)12-6-8-17(20-10-21)14-4-2-1-3-13(12)14/h1-5,7,9-10,12,17H,6,8H2,(H,20,21)/t12-,17-/m0/s1. The molecule has 1 amide bonds. The first-order valence-electron chi connectivity index (χ1n) is 6.94. The SMILES string of the molecule is O=CN[C@H]1CC[C@@H](c2ccc(Cl)c(Cl)c2)c2ccccc21. The zero-order chi connectivity index (χ0) is 14.8. The van der Waals surface area contributed by atoms with E-state index in [1.54, 1.807) is 0 Å². The van der Waals surface area contributed by atoms with Crippen molar-refractivity contribution in [2.24, 2.45) is 0 Å². The lowest BCUT2D eigenvalue weighted by molar-refractivity contribution is -0.110. The molecular formula is C17H15Cl2NO. The Morgan fingerprint density at radius 2 is 1.76 bits per heavy atom. The monoisotopic (exact) mass is 319 g/mol. The molecule has 1 aliphatic rings. The number of amides is 1. The number of fused-ring (bicyclic) bond motifs is 1. The van der Waals surface area contributed by atoms with E-state index >= 15 is 0 Å². The molecule has 0 heterocycles. The van der Waals surface area contributed by atoms with E-state index < -0.39 is 0 Å². The Labute approximate surface area is 134 Å². The third-order valence-corrected chi connectivity index (χ3v) is 4.85. The number of carbonyl (C=O) groups excluding carboxylic acids is 1. The van der Waals surface area contributed by atoms with Crippen LogP contribution in [0.3, 0.4) is 0 Å². The summed E-state index contributed by atoms with van der Waals surface area (Å²) in [6, 6.07) is 14.2. The van der Waals surface area contributed by atoms with Crippen molar-refractivity contribution in [2.75, 3.05) is 0 Å². The van der Waals surface area contributed by atoms with Crippen molar-refractivity contribution >= 4 is 29.6 Å². The third kappa shape index (κ3) is 2.78. The fourth-order valence-electron chi connectivity index (χ4n) is 3.12. The predicted octanol–water partition coefficient (Wildman–Crippen LogP) is 4.71. The quantitative estimate of drug-likeness (QED) is 0.816. The van der Waals surface area contributed by atoms with Crippen LogP contribution in [0, 0.1) is 0 Å². The lowest BCUT2D eigenvalue weighted by Crippen LogP contribution is -2.26. The van der Waals surface area contributed by atoms with E-state index in [0.29, 0.717) is 16.0 Å². The van der Waals surface area contributed by atoms with Crippen molar-refractivity contribution in [3.8, 4) is 0 Å². The Kier molecular flexibility index (Phi) is 4.18. The topological polar surface area (TPSA) is 29.1 Å². The molecule has 2 aromatic rings. The Bertz CT molecular complexity index is 672. The number of hydrogen-bond donors (Lipinski definition) is 1. The molecule has 0 saturated carbocycles. The maximum Gasteiger partial charge on any atom is 0.207 e. The van der Waals surface area contributed by atoms with E-state index in [0.717, 1.165) is 19.3 Å². The summed E-state index contributed by atoms with van der Waals surface area (Å²) in [6.07, 6.45) is 2.67. The highest BCUT2D eigenvalue weighted by Gasteiger charge is 2.27. The molecule has 2 atom stereocenters. The molecule has 4 heteroatoms. The minimum Gasteiger partial charge on any atom is -0.352 e. The number of nitrogens with one attached hydrogen (secondary N) is 1. The van der Waals surface area contributed by atoms with Gasteiger partial charge in [0.15, 0.2) is 0 Å². The summed E-state index contributed by atoms with van der Waals surface area (Å²) in [4.78, 5) is 10.8. The van der Waals surface area contributed by atoms with Gasteiger partial charge in [0.05, 0.1) is 16.1 Å². The molecule has 0 aromatic heterocycles. The summed E-state index contributed by atoms with van der Waals surface area (Å²) in [7, 11) is 0. The molecule has 0 bridgehead atoms. The zero-order valence-corrected chi connectivity index (χ0v) is 12.9. The van der Waals surface area contributed by atoms with Gasteiger partial charge in [-0.25, -0.2) is 0 Å². The van der Waals surface area contributed by atoms with Crippen LogP contribution in [0.15, 0.2) is 42.5 Å². The van der Waals surface area contributed by atoms with Gasteiger partial charge in [-0.05, 0) is 41.7 Å². The molecule has 0 spiro atoms. The van der Waals surface area contributed by atoms with Crippen molar-refractivity contribution < 1.29 is 4.79 Å². The van der Waals surface area contributed by atoms with Crippen LogP contribution in [-0.2, 0) is 4.79 Å². The summed E-state index contributed by atoms with van der Waals surface area (Å²) in [5, 5.41) is 4.06. The summed E-state index contributed by atoms with van der Waals surface area (Å²) in [6.45, 7) is 0. The van der Waals surface area contributed by atoms with E-state index in [-0.39, 0.29) is 6.04 Å². The van der Waals surface area contributed by atoms with Crippen LogP contribution in [0.5, 0.6) is 0 Å². The second-order valence-electron chi connectivity index (χ2n) is 5.27. The van der Waals surface area contributed by atoms with E-state index in [1.807, 2.05) is 30.3 Å². The van der Waals surface area contributed by atoms with Crippen LogP contribution in [-0.4, -0.2) is 6.41 Å². The second kappa shape index (κ2) is 6.08. The normalized spacial score (nSPS) is 20.7. The van der Waals surface area contributed by atoms with E-state index in [1.165, 1.54) is 16.7 Å². The first kappa shape index (κ1) is 14.4. The zero-order valence-electron chi connectivity index (χ0n) is 11.4. The minimum absolute atomic E-state index is 0.0951. The van der Waals surface area contributed by atoms with Gasteiger partial charge in [-0.2, -0.15) is 0 Å². The van der Waals surface area contributed by atoms with Crippen LogP contribution in [0.25, 0.3) is 0 Å². The maximum atomic E-state index is 10.8. The largest absolute Gasteiger partial charge is 0.352 e. The van der Waals surface area contributed by atoms with E-state index in [9.17, 15) is 4.79 Å². The molecule has 0 fully saturated rings. The van der Waals surface area contributed by atoms with E-state index in [2.05, 4.69) is 17.4 Å². The molecular weight excluding hydrogens is 305 g/mol. The smallest absolute Gasteiger partial charge is 0.207 e. The van der Waals surface area contributed by atoms with Crippen molar-refractivity contribution in [2.45, 2.75) is 24.8 Å². The van der Waals surface area contributed by atoms with Gasteiger partial charge in [0.25, 0.3) is 0 Å². The molecule has 1 aliphatic carbocycles. The van der Waals surface area contributed by atoms with Crippen LogP contribution in [0.4, 0.5) is 0 Å². The number of halogens is 2. The van der Waals surface area contributed by atoms with Gasteiger partial charge >= 0.3 is 0 Å². The predicted molar refractivity (Wildman–Crippen MR) is 85.9 cm³/mol. The summed E-state index contributed by atoms with van der Waals surface area (Å²) < 4.78 is 0. The highest BCUT2D eigenvalue weighted by molar-refractivity contribution is 6.42. The molecule has 0 aliphatic heterocycles. The molecule has 2 aromatic carbocycles. The van der Waals surface area contributed by atoms with Crippen LogP contribution in [0.1, 0.15) is 41.5 Å². The van der Waals surface area contributed by atoms with Gasteiger partial charge in [0, 0.05) is 5.92 Å². The molecule has 3 rings (SSSR count). The number of rotatable bonds is 3. The van der Waals surface area contributed by atoms with Gasteiger partial charge in [-0.1, -0.05) is 53.5 Å². The Balaban J connectivity index is 2.02. The summed E-state index contributed by atoms with van der Waals surface area (Å²) in [5.41, 5.74) is 3.61. The minimum atomic E-state index is 0.0951. The van der Waals surface area contributed by atoms with Crippen molar-refractivity contribution in [3.05, 3.63) is 69.2 Å². The molecule has 21 heavy (non-hydrogen) atoms. The fourth-order valence-corrected chi connectivity index (χ4v) is 3.43. The number of carbonyl (C=O) groups is 1. The average molecular weight is 320 g/mol. The highest BCUT2D eigenvalue weighted by atomic mass is 35.5. The van der Waals surface area contributed by atoms with Gasteiger partial charge in [-0.15, -0.1) is 0 Å². The molecule has 0 unspecified atom stereocenters. The van der Waals surface area contributed by atoms with Gasteiger partial charge < -0.3 is 5.32 Å². The third-order valence-electron chi connectivity index (χ3n) is 4.11. The van der Waals surface area contributed by atoms with Crippen LogP contribution < -0.4 is 5.32 Å². The lowest BCUT2D eigenvalue weighted by Gasteiger charge is -2.31. The molecule has 1 N–H and O–H groups in total. The Hall–Kier alpha value is -1.51. The Morgan fingerprint density at radius 1 is 1.00 bits per heavy atom. The first-order chi connectivity index (χ1) is 10.2. The maximum absolute atomic E-state index is 10.8. The first-order valence-corrected chi connectivity index (χ1v) is 7.69. The molecule has 2 nitrogen and oxygen atoms in total. The lowest BCUT2D eigenvalue weighted by atomic mass is 9.77. The molecule has 0 radical (unpaired) electrons. The number of benzene rings is 2. The Morgan fingerprint density at radius 3 is 2.48 bits per heavy atom. The highest BCUT2D eigenvalue weighted by Crippen LogP contribution is 2.42. The van der Waals surface area contributed by atoms with Gasteiger partial charge in [0.1, 0.15) is 0 Å². The van der Waals surface area contributed by atoms with Gasteiger partial charge in [-0.3, -0.25) is 4.79 Å².